The predicted molar refractivity (Wildman–Crippen MR) is 199 cm³/mol. The lowest BCUT2D eigenvalue weighted by atomic mass is 10.0. The van der Waals surface area contributed by atoms with Gasteiger partial charge in [-0.1, -0.05) is 127 Å². The van der Waals surface area contributed by atoms with Crippen LogP contribution in [0.5, 0.6) is 0 Å². The molecule has 0 saturated heterocycles. The molecule has 4 nitrogen and oxygen atoms in total. The molecular formula is C44H28N4. The van der Waals surface area contributed by atoms with Crippen molar-refractivity contribution in [3.63, 3.8) is 0 Å². The maximum atomic E-state index is 9.91. The smallest absolute Gasteiger partial charge is 0.235 e. The van der Waals surface area contributed by atoms with E-state index in [1.54, 1.807) is 0 Å². The number of hydrogen-bond acceptors (Lipinski definition) is 2. The minimum Gasteiger partial charge on any atom is -0.309 e. The van der Waals surface area contributed by atoms with Gasteiger partial charge in [-0.25, -0.2) is 9.97 Å². The van der Waals surface area contributed by atoms with Crippen LogP contribution in [0, 0.1) is 0 Å². The number of hydrogen-bond donors (Lipinski definition) is 0. The number of rotatable bonds is 4. The highest BCUT2D eigenvalue weighted by atomic mass is 15.2. The van der Waals surface area contributed by atoms with Gasteiger partial charge in [0.2, 0.25) is 5.95 Å². The third-order valence-corrected chi connectivity index (χ3v) is 7.54. The fraction of sp³-hybridized carbons (Fsp3) is 0. The summed E-state index contributed by atoms with van der Waals surface area (Å²) in [5, 5.41) is -2.75. The quantitative estimate of drug-likeness (QED) is 0.192. The zero-order valence-electron chi connectivity index (χ0n) is 51.8. The summed E-state index contributed by atoms with van der Waals surface area (Å²) in [5.41, 5.74) is -7.00. The first-order chi connectivity index (χ1) is 35.5. The molecule has 224 valence electrons. The van der Waals surface area contributed by atoms with Crippen molar-refractivity contribution in [3.8, 4) is 34.0 Å². The summed E-state index contributed by atoms with van der Waals surface area (Å²) in [5.74, 6) is -0.871. The summed E-state index contributed by atoms with van der Waals surface area (Å²) >= 11 is 0. The molecule has 7 aromatic carbocycles. The average molecular weight is 641 g/mol. The molecule has 0 atom stereocenters. The largest absolute Gasteiger partial charge is 0.309 e. The van der Waals surface area contributed by atoms with E-state index in [1.807, 2.05) is 0 Å². The maximum Gasteiger partial charge on any atom is 0.235 e. The van der Waals surface area contributed by atoms with Crippen LogP contribution in [0.4, 0.5) is 0 Å². The first-order valence-electron chi connectivity index (χ1n) is 28.0. The van der Waals surface area contributed by atoms with Gasteiger partial charge in [0.25, 0.3) is 0 Å². The predicted octanol–water partition coefficient (Wildman–Crippen LogP) is 11.2. The molecule has 0 saturated carbocycles. The Kier molecular flexibility index (Phi) is 2.42. The van der Waals surface area contributed by atoms with E-state index in [4.69, 9.17) is 28.8 Å². The Bertz CT molecular complexity index is 4310. The van der Waals surface area contributed by atoms with Crippen molar-refractivity contribution in [1.82, 2.24) is 19.1 Å². The number of para-hydroxylation sites is 4. The molecule has 48 heavy (non-hydrogen) atoms. The van der Waals surface area contributed by atoms with Crippen molar-refractivity contribution in [2.45, 2.75) is 0 Å². The molecule has 0 unspecified atom stereocenters. The van der Waals surface area contributed by atoms with Crippen molar-refractivity contribution < 1.29 is 38.4 Å². The normalized spacial score (nSPS) is 19.9. The lowest BCUT2D eigenvalue weighted by Gasteiger charge is -2.12. The molecule has 0 spiro atoms. The van der Waals surface area contributed by atoms with E-state index in [9.17, 15) is 9.60 Å². The van der Waals surface area contributed by atoms with E-state index in [2.05, 4.69) is 9.97 Å². The van der Waals surface area contributed by atoms with Gasteiger partial charge in [0.15, 0.2) is 0 Å². The van der Waals surface area contributed by atoms with Gasteiger partial charge in [-0.15, -0.1) is 0 Å². The summed E-state index contributed by atoms with van der Waals surface area (Å²) in [6.45, 7) is 0. The second-order valence-corrected chi connectivity index (χ2v) is 10.1. The molecule has 10 aromatic rings. The van der Waals surface area contributed by atoms with Crippen molar-refractivity contribution in [1.29, 1.82) is 0 Å². The zero-order chi connectivity index (χ0) is 56.0. The van der Waals surface area contributed by atoms with Gasteiger partial charge in [0, 0.05) is 38.2 Å². The van der Waals surface area contributed by atoms with Crippen LogP contribution >= 0.6 is 0 Å². The monoisotopic (exact) mass is 640 g/mol. The van der Waals surface area contributed by atoms with Crippen LogP contribution < -0.4 is 0 Å². The first kappa shape index (κ1) is 11.0. The summed E-state index contributed by atoms with van der Waals surface area (Å²) in [7, 11) is 0. The molecule has 0 radical (unpaired) electrons. The standard InChI is InChI=1S/C44H28N4/c1-2-12-29(13-3-1)30-22-24-31(25-23-30)43-36-17-4-8-18-38(36)45-44(46-43)48-41-21-11-7-16-35(41)37-28-32(26-27-42(37)48)47-39-19-9-5-14-33(39)34-15-6-10-20-40(34)47/h1-28H/i1D,2D,3D,4D,5D,6D,7D,8D,9D,10D,11D,12D,13D,14D,15D,16D,17D,18D,19D,20D,21D,22D,23D,24D,25D,26D,27D,28D. The van der Waals surface area contributed by atoms with Crippen LogP contribution in [0.2, 0.25) is 0 Å². The third-order valence-electron chi connectivity index (χ3n) is 7.54. The highest BCUT2D eigenvalue weighted by molar-refractivity contribution is 6.12. The fourth-order valence-corrected chi connectivity index (χ4v) is 5.51. The molecular weight excluding hydrogens is 585 g/mol. The highest BCUT2D eigenvalue weighted by Gasteiger charge is 2.19. The first-order valence-corrected chi connectivity index (χ1v) is 14.0. The molecule has 0 bridgehead atoms. The van der Waals surface area contributed by atoms with E-state index in [1.165, 1.54) is 0 Å². The molecule has 0 amide bonds. The number of nitrogens with zero attached hydrogens (tertiary/aromatic N) is 4. The van der Waals surface area contributed by atoms with Crippen LogP contribution in [0.15, 0.2) is 169 Å². The lowest BCUT2D eigenvalue weighted by molar-refractivity contribution is 1.01. The topological polar surface area (TPSA) is 35.6 Å². The number of aromatic nitrogens is 4. The Balaban J connectivity index is 1.42. The van der Waals surface area contributed by atoms with Gasteiger partial charge in [-0.3, -0.25) is 4.57 Å². The molecule has 0 fully saturated rings. The molecule has 3 aromatic heterocycles. The highest BCUT2D eigenvalue weighted by Crippen LogP contribution is 2.37. The van der Waals surface area contributed by atoms with Crippen molar-refractivity contribution in [3.05, 3.63) is 169 Å². The Morgan fingerprint density at radius 3 is 1.56 bits per heavy atom. The van der Waals surface area contributed by atoms with Gasteiger partial charge in [-0.2, -0.15) is 0 Å². The molecule has 3 heterocycles. The maximum absolute atomic E-state index is 9.91. The van der Waals surface area contributed by atoms with Crippen LogP contribution in [-0.2, 0) is 0 Å². The summed E-state index contributed by atoms with van der Waals surface area (Å²) in [4.78, 5) is 8.96. The minimum atomic E-state index is -1.03. The number of benzene rings is 7. The second-order valence-electron chi connectivity index (χ2n) is 10.1. The van der Waals surface area contributed by atoms with Crippen LogP contribution in [0.3, 0.4) is 0 Å². The third kappa shape index (κ3) is 4.03. The summed E-state index contributed by atoms with van der Waals surface area (Å²) < 4.78 is 250. The Morgan fingerprint density at radius 1 is 0.375 bits per heavy atom. The van der Waals surface area contributed by atoms with Gasteiger partial charge in [-0.05, 0) is 53.4 Å². The van der Waals surface area contributed by atoms with Gasteiger partial charge in [0.05, 0.1) is 71.7 Å². The van der Waals surface area contributed by atoms with E-state index < -0.39 is 258 Å². The SMILES string of the molecule is [2H]c1c([2H])c([2H])c(-c2c([2H])c([2H])c(-c3nc(-n4c5c([2H])c([2H])c([2H])c([2H])c5c5c([2H])c(-n6c7c([2H])c([2H])c([2H])c([2H])c7c7c([2H])c([2H])c([2H])c([2H])c76)c([2H])c([2H])c54)nc4c([2H])c([2H])c([2H])c([2H])c34)c([2H])c2[2H])c([2H])c1[2H]. The molecule has 0 aliphatic heterocycles. The fourth-order valence-electron chi connectivity index (χ4n) is 5.51. The molecule has 10 rings (SSSR count). The van der Waals surface area contributed by atoms with E-state index >= 15 is 0 Å². The molecule has 0 aliphatic rings. The van der Waals surface area contributed by atoms with E-state index in [0.717, 1.165) is 9.13 Å². The van der Waals surface area contributed by atoms with Crippen molar-refractivity contribution in [2.75, 3.05) is 0 Å². The number of fused-ring (bicyclic) bond motifs is 7. The van der Waals surface area contributed by atoms with Gasteiger partial charge < -0.3 is 4.57 Å². The van der Waals surface area contributed by atoms with Crippen molar-refractivity contribution in [2.24, 2.45) is 0 Å². The molecule has 0 N–H and O–H groups in total. The molecule has 0 aliphatic carbocycles. The zero-order valence-corrected chi connectivity index (χ0v) is 23.8. The van der Waals surface area contributed by atoms with E-state index in [0.29, 0.717) is 0 Å². The summed E-state index contributed by atoms with van der Waals surface area (Å²) in [6, 6.07) is -25.1. The van der Waals surface area contributed by atoms with Crippen LogP contribution in [0.25, 0.3) is 88.5 Å². The Morgan fingerprint density at radius 2 is 0.875 bits per heavy atom. The van der Waals surface area contributed by atoms with Crippen molar-refractivity contribution >= 4 is 54.5 Å². The molecule has 4 heteroatoms. The van der Waals surface area contributed by atoms with Crippen LogP contribution in [-0.4, -0.2) is 19.1 Å². The van der Waals surface area contributed by atoms with Gasteiger partial charge >= 0.3 is 0 Å². The average Bonchev–Trinajstić information content (AvgIpc) is 4.04. The lowest BCUT2D eigenvalue weighted by Crippen LogP contribution is -2.03. The van der Waals surface area contributed by atoms with Crippen LogP contribution in [0.1, 0.15) is 38.4 Å². The van der Waals surface area contributed by atoms with E-state index in [-0.39, 0.29) is 0 Å². The second kappa shape index (κ2) is 10.5. The summed E-state index contributed by atoms with van der Waals surface area (Å²) in [6.07, 6.45) is 0. The van der Waals surface area contributed by atoms with Gasteiger partial charge in [0.1, 0.15) is 0 Å². The Labute approximate surface area is 316 Å². The minimum absolute atomic E-state index is 0.458. The Hall–Kier alpha value is -6.52.